The number of rotatable bonds is 10. The van der Waals surface area contributed by atoms with Gasteiger partial charge in [0.25, 0.3) is 0 Å². The molecule has 2 aliphatic rings. The van der Waals surface area contributed by atoms with E-state index < -0.39 is 60.8 Å². The third kappa shape index (κ3) is 6.46. The second kappa shape index (κ2) is 13.3. The van der Waals surface area contributed by atoms with Crippen LogP contribution in [0.3, 0.4) is 0 Å². The second-order valence-corrected chi connectivity index (χ2v) is 9.43. The van der Waals surface area contributed by atoms with Crippen LogP contribution in [0.1, 0.15) is 30.0 Å². The Hall–Kier alpha value is -3.47. The highest BCUT2D eigenvalue weighted by atomic mass is 19.1. The number of nitrogens with zero attached hydrogens (tertiary/aromatic N) is 1. The predicted molar refractivity (Wildman–Crippen MR) is 134 cm³/mol. The van der Waals surface area contributed by atoms with Gasteiger partial charge in [-0.3, -0.25) is 9.18 Å². The van der Waals surface area contributed by atoms with Crippen LogP contribution in [0, 0.1) is 23.0 Å². The van der Waals surface area contributed by atoms with E-state index in [4.69, 9.17) is 18.9 Å². The lowest BCUT2D eigenvalue weighted by molar-refractivity contribution is -0.172. The summed E-state index contributed by atoms with van der Waals surface area (Å²) in [5.74, 6) is -2.88. The summed E-state index contributed by atoms with van der Waals surface area (Å²) in [7, 11) is 0. The fourth-order valence-corrected chi connectivity index (χ4v) is 4.64. The minimum atomic E-state index is -1.52. The smallest absolute Gasteiger partial charge is 0.247 e. The number of aliphatic hydroxyl groups is 2. The SMILES string of the molecule is C/C(=C/c1cc(F)c(OCCCF)cc1F)C(=O)N[C@@H]1[C@H](O)[C@@H](O)[C@H]2OCO[C@H]2[C@@H]1OCc1ccccc1C#N. The number of ether oxygens (including phenoxy) is 4. The van der Waals surface area contributed by atoms with Crippen molar-refractivity contribution in [3.63, 3.8) is 0 Å². The standard InChI is InChI=1S/C28H29F3N2O7/c1-15(9-18-10-20(31)21(11-19(18)30)37-8-4-7-29)28(36)33-22-23(34)24(35)26-27(40-14-39-26)25(22)38-13-17-6-3-2-5-16(17)12-32/h2-3,5-6,9-11,22-27,34-35H,4,7-8,13-14H2,1H3,(H,33,36)/b15-9-/t22-,23+,24-,25-,26-,27+/m1/s1. The maximum absolute atomic E-state index is 14.6. The normalized spacial score (nSPS) is 26.2. The lowest BCUT2D eigenvalue weighted by Crippen LogP contribution is -2.68. The number of amides is 1. The highest BCUT2D eigenvalue weighted by Gasteiger charge is 2.54. The molecule has 1 saturated carbocycles. The molecule has 1 aliphatic carbocycles. The number of carbonyl (C=O) groups is 1. The number of hydrogen-bond acceptors (Lipinski definition) is 8. The molecule has 2 aromatic carbocycles. The molecule has 1 heterocycles. The summed E-state index contributed by atoms with van der Waals surface area (Å²) in [5, 5.41) is 33.5. The molecular formula is C28H29F3N2O7. The fourth-order valence-electron chi connectivity index (χ4n) is 4.64. The topological polar surface area (TPSA) is 130 Å². The van der Waals surface area contributed by atoms with E-state index in [1.807, 2.05) is 0 Å². The average molecular weight is 563 g/mol. The highest BCUT2D eigenvalue weighted by molar-refractivity contribution is 5.97. The van der Waals surface area contributed by atoms with E-state index in [1.165, 1.54) is 6.92 Å². The molecule has 3 N–H and O–H groups in total. The largest absolute Gasteiger partial charge is 0.490 e. The van der Waals surface area contributed by atoms with Crippen LogP contribution in [-0.2, 0) is 25.6 Å². The number of nitrogens with one attached hydrogen (secondary N) is 1. The third-order valence-corrected chi connectivity index (χ3v) is 6.76. The first-order chi connectivity index (χ1) is 19.2. The van der Waals surface area contributed by atoms with Crippen molar-refractivity contribution in [1.82, 2.24) is 5.32 Å². The monoisotopic (exact) mass is 562 g/mol. The van der Waals surface area contributed by atoms with E-state index in [0.717, 1.165) is 18.2 Å². The maximum atomic E-state index is 14.6. The fraction of sp³-hybridized carbons (Fsp3) is 0.429. The van der Waals surface area contributed by atoms with Crippen molar-refractivity contribution in [3.8, 4) is 11.8 Å². The molecule has 214 valence electrons. The average Bonchev–Trinajstić information content (AvgIpc) is 3.44. The summed E-state index contributed by atoms with van der Waals surface area (Å²) in [5.41, 5.74) is 0.675. The number of aliphatic hydroxyl groups excluding tert-OH is 2. The van der Waals surface area contributed by atoms with Gasteiger partial charge in [0.15, 0.2) is 11.6 Å². The lowest BCUT2D eigenvalue weighted by atomic mass is 9.82. The van der Waals surface area contributed by atoms with E-state index in [0.29, 0.717) is 11.1 Å². The Balaban J connectivity index is 1.53. The van der Waals surface area contributed by atoms with Crippen LogP contribution >= 0.6 is 0 Å². The van der Waals surface area contributed by atoms with Gasteiger partial charge in [-0.15, -0.1) is 0 Å². The van der Waals surface area contributed by atoms with E-state index in [2.05, 4.69) is 11.4 Å². The molecule has 1 aliphatic heterocycles. The molecule has 40 heavy (non-hydrogen) atoms. The van der Waals surface area contributed by atoms with E-state index in [9.17, 15) is 33.4 Å². The van der Waals surface area contributed by atoms with Crippen molar-refractivity contribution in [2.24, 2.45) is 0 Å². The third-order valence-electron chi connectivity index (χ3n) is 6.76. The Morgan fingerprint density at radius 3 is 2.67 bits per heavy atom. The first-order valence-electron chi connectivity index (χ1n) is 12.6. The summed E-state index contributed by atoms with van der Waals surface area (Å²) < 4.78 is 63.4. The summed E-state index contributed by atoms with van der Waals surface area (Å²) in [4.78, 5) is 13.1. The second-order valence-electron chi connectivity index (χ2n) is 9.43. The van der Waals surface area contributed by atoms with Gasteiger partial charge >= 0.3 is 0 Å². The Kier molecular flexibility index (Phi) is 9.78. The van der Waals surface area contributed by atoms with E-state index in [-0.39, 0.29) is 43.3 Å². The Morgan fingerprint density at radius 1 is 1.18 bits per heavy atom. The molecule has 0 radical (unpaired) electrons. The van der Waals surface area contributed by atoms with Crippen molar-refractivity contribution in [1.29, 1.82) is 5.26 Å². The number of benzene rings is 2. The number of hydrogen-bond donors (Lipinski definition) is 3. The van der Waals surface area contributed by atoms with Gasteiger partial charge in [0, 0.05) is 23.6 Å². The Morgan fingerprint density at radius 2 is 1.93 bits per heavy atom. The molecule has 1 amide bonds. The number of nitriles is 1. The van der Waals surface area contributed by atoms with E-state index >= 15 is 0 Å². The van der Waals surface area contributed by atoms with Crippen molar-refractivity contribution >= 4 is 12.0 Å². The minimum Gasteiger partial charge on any atom is -0.490 e. The molecule has 12 heteroatoms. The lowest BCUT2D eigenvalue weighted by Gasteiger charge is -2.43. The van der Waals surface area contributed by atoms with Gasteiger partial charge in [0.1, 0.15) is 43.1 Å². The van der Waals surface area contributed by atoms with Crippen LogP contribution in [0.2, 0.25) is 0 Å². The zero-order chi connectivity index (χ0) is 28.8. The summed E-state index contributed by atoms with van der Waals surface area (Å²) in [6, 6.07) is 9.29. The summed E-state index contributed by atoms with van der Waals surface area (Å²) >= 11 is 0. The van der Waals surface area contributed by atoms with Gasteiger partial charge in [-0.05, 0) is 30.7 Å². The molecule has 9 nitrogen and oxygen atoms in total. The molecule has 0 spiro atoms. The minimum absolute atomic E-state index is 0.0258. The van der Waals surface area contributed by atoms with Gasteiger partial charge in [-0.1, -0.05) is 18.2 Å². The van der Waals surface area contributed by atoms with Crippen LogP contribution < -0.4 is 10.1 Å². The van der Waals surface area contributed by atoms with Gasteiger partial charge in [-0.2, -0.15) is 5.26 Å². The molecule has 0 unspecified atom stereocenters. The molecule has 4 rings (SSSR count). The molecule has 0 bridgehead atoms. The van der Waals surface area contributed by atoms with Gasteiger partial charge in [0.2, 0.25) is 5.91 Å². The van der Waals surface area contributed by atoms with Crippen molar-refractivity contribution in [2.45, 2.75) is 56.5 Å². The number of alkyl halides is 1. The summed E-state index contributed by atoms with van der Waals surface area (Å²) in [6.07, 6.45) is -4.56. The van der Waals surface area contributed by atoms with Gasteiger partial charge < -0.3 is 34.5 Å². The van der Waals surface area contributed by atoms with Crippen LogP contribution in [-0.4, -0.2) is 72.8 Å². The van der Waals surface area contributed by atoms with Gasteiger partial charge in [-0.25, -0.2) is 8.78 Å². The first kappa shape index (κ1) is 29.5. The molecule has 0 aromatic heterocycles. The molecule has 6 atom stereocenters. The van der Waals surface area contributed by atoms with Crippen LogP contribution in [0.25, 0.3) is 6.08 Å². The van der Waals surface area contributed by atoms with Crippen molar-refractivity contribution in [3.05, 3.63) is 70.3 Å². The molecule has 2 aromatic rings. The predicted octanol–water partition coefficient (Wildman–Crippen LogP) is 2.53. The zero-order valence-corrected chi connectivity index (χ0v) is 21.6. The zero-order valence-electron chi connectivity index (χ0n) is 21.6. The number of carbonyl (C=O) groups excluding carboxylic acids is 1. The quantitative estimate of drug-likeness (QED) is 0.298. The maximum Gasteiger partial charge on any atom is 0.247 e. The molecule has 1 saturated heterocycles. The van der Waals surface area contributed by atoms with E-state index in [1.54, 1.807) is 24.3 Å². The van der Waals surface area contributed by atoms with Crippen molar-refractivity contribution < 1.29 is 47.1 Å². The Labute approximate surface area is 228 Å². The van der Waals surface area contributed by atoms with Gasteiger partial charge in [0.05, 0.1) is 37.6 Å². The molecule has 2 fully saturated rings. The number of halogens is 3. The van der Waals surface area contributed by atoms with Crippen LogP contribution in [0.15, 0.2) is 42.0 Å². The number of fused-ring (bicyclic) bond motifs is 1. The Bertz CT molecular complexity index is 1290. The first-order valence-corrected chi connectivity index (χ1v) is 12.6. The van der Waals surface area contributed by atoms with Crippen molar-refractivity contribution in [2.75, 3.05) is 20.1 Å². The highest BCUT2D eigenvalue weighted by Crippen LogP contribution is 2.33. The van der Waals surface area contributed by atoms with Crippen LogP contribution in [0.4, 0.5) is 13.2 Å². The van der Waals surface area contributed by atoms with Crippen LogP contribution in [0.5, 0.6) is 5.75 Å². The summed E-state index contributed by atoms with van der Waals surface area (Å²) in [6.45, 7) is 0.356. The molecular weight excluding hydrogens is 533 g/mol.